The molecule has 2 nitrogen and oxygen atoms in total. The van der Waals surface area contributed by atoms with Crippen LogP contribution in [0.1, 0.15) is 74.4 Å². The zero-order valence-corrected chi connectivity index (χ0v) is 19.9. The van der Waals surface area contributed by atoms with Crippen LogP contribution in [-0.4, -0.2) is 17.3 Å². The van der Waals surface area contributed by atoms with Crippen LogP contribution in [0.4, 0.5) is 0 Å². The second kappa shape index (κ2) is 8.58. The normalized spacial score (nSPS) is 16.5. The van der Waals surface area contributed by atoms with Crippen molar-refractivity contribution in [3.63, 3.8) is 0 Å². The van der Waals surface area contributed by atoms with Crippen molar-refractivity contribution >= 4 is 29.1 Å². The third-order valence-electron chi connectivity index (χ3n) is 5.18. The van der Waals surface area contributed by atoms with E-state index in [1.165, 1.54) is 16.0 Å². The van der Waals surface area contributed by atoms with Gasteiger partial charge in [0, 0.05) is 20.1 Å². The van der Waals surface area contributed by atoms with Gasteiger partial charge in [-0.2, -0.15) is 0 Å². The number of thioether (sulfide) groups is 1. The molecule has 1 aromatic heterocycles. The molecule has 1 aliphatic rings. The van der Waals surface area contributed by atoms with Gasteiger partial charge in [0.2, 0.25) is 0 Å². The molecular weight excluding hydrogens is 396 g/mol. The van der Waals surface area contributed by atoms with Gasteiger partial charge in [-0.15, -0.1) is 23.1 Å². The standard InChI is InChI=1S/C25H30O2S2/c1-7-17-14-22-21(24(3,4)16-25(5,6)29-22)13-18(17)9-10-19-11-12-20(28-19)15-23(26)27-8-2/h11-14H,7-8,15-16H2,1-6H3. The number of benzene rings is 1. The van der Waals surface area contributed by atoms with E-state index in [4.69, 9.17) is 4.74 Å². The summed E-state index contributed by atoms with van der Waals surface area (Å²) in [6.07, 6.45) is 2.44. The molecule has 0 bridgehead atoms. The Balaban J connectivity index is 1.90. The van der Waals surface area contributed by atoms with E-state index in [0.717, 1.165) is 28.2 Å². The lowest BCUT2D eigenvalue weighted by Crippen LogP contribution is -2.33. The van der Waals surface area contributed by atoms with Gasteiger partial charge in [0.05, 0.1) is 17.9 Å². The van der Waals surface area contributed by atoms with E-state index in [-0.39, 0.29) is 16.1 Å². The van der Waals surface area contributed by atoms with Crippen LogP contribution in [0.5, 0.6) is 0 Å². The van der Waals surface area contributed by atoms with E-state index in [1.54, 1.807) is 11.3 Å². The van der Waals surface area contributed by atoms with Crippen molar-refractivity contribution in [3.8, 4) is 11.8 Å². The SMILES string of the molecule is CCOC(=O)Cc1ccc(C#Cc2cc3c(cc2CC)SC(C)(C)CC3(C)C)s1. The zero-order chi connectivity index (χ0) is 21.2. The van der Waals surface area contributed by atoms with Gasteiger partial charge in [0.25, 0.3) is 0 Å². The molecule has 1 aliphatic heterocycles. The number of rotatable bonds is 4. The number of hydrogen-bond donors (Lipinski definition) is 0. The van der Waals surface area contributed by atoms with Gasteiger partial charge >= 0.3 is 5.97 Å². The highest BCUT2D eigenvalue weighted by Gasteiger charge is 2.38. The van der Waals surface area contributed by atoms with Crippen LogP contribution in [-0.2, 0) is 27.8 Å². The number of hydrogen-bond acceptors (Lipinski definition) is 4. The van der Waals surface area contributed by atoms with Crippen molar-refractivity contribution in [1.82, 2.24) is 0 Å². The average Bonchev–Trinajstić information content (AvgIpc) is 3.05. The summed E-state index contributed by atoms with van der Waals surface area (Å²) in [4.78, 5) is 15.1. The van der Waals surface area contributed by atoms with Crippen LogP contribution < -0.4 is 0 Å². The molecule has 0 N–H and O–H groups in total. The Labute approximate surface area is 183 Å². The number of ether oxygens (including phenoxy) is 1. The van der Waals surface area contributed by atoms with Crippen molar-refractivity contribution in [2.75, 3.05) is 6.61 Å². The number of carbonyl (C=O) groups is 1. The van der Waals surface area contributed by atoms with Gasteiger partial charge in [0.1, 0.15) is 0 Å². The van der Waals surface area contributed by atoms with Crippen LogP contribution in [0.15, 0.2) is 29.2 Å². The number of thiophene rings is 1. The Morgan fingerprint density at radius 1 is 1.14 bits per heavy atom. The zero-order valence-electron chi connectivity index (χ0n) is 18.3. The smallest absolute Gasteiger partial charge is 0.311 e. The summed E-state index contributed by atoms with van der Waals surface area (Å²) in [7, 11) is 0. The predicted molar refractivity (Wildman–Crippen MR) is 124 cm³/mol. The Bertz CT molecular complexity index is 970. The molecule has 0 fully saturated rings. The van der Waals surface area contributed by atoms with Gasteiger partial charge in [-0.05, 0) is 60.6 Å². The van der Waals surface area contributed by atoms with Crippen LogP contribution >= 0.6 is 23.1 Å². The summed E-state index contributed by atoms with van der Waals surface area (Å²) in [6.45, 7) is 13.8. The average molecular weight is 427 g/mol. The molecule has 3 rings (SSSR count). The molecule has 0 amide bonds. The minimum atomic E-state index is -0.181. The van der Waals surface area contributed by atoms with Crippen molar-refractivity contribution in [2.24, 2.45) is 0 Å². The summed E-state index contributed by atoms with van der Waals surface area (Å²) in [5.74, 6) is 6.56. The molecule has 0 saturated heterocycles. The first-order chi connectivity index (χ1) is 13.6. The monoisotopic (exact) mass is 426 g/mol. The van der Waals surface area contributed by atoms with Gasteiger partial charge < -0.3 is 4.74 Å². The fourth-order valence-electron chi connectivity index (χ4n) is 4.16. The highest BCUT2D eigenvalue weighted by Crippen LogP contribution is 2.51. The molecule has 154 valence electrons. The minimum absolute atomic E-state index is 0.141. The topological polar surface area (TPSA) is 26.3 Å². The summed E-state index contributed by atoms with van der Waals surface area (Å²) in [5, 5.41) is 0. The Hall–Kier alpha value is -1.70. The predicted octanol–water partition coefficient (Wildman–Crippen LogP) is 6.37. The number of esters is 1. The van der Waals surface area contributed by atoms with Crippen LogP contribution in [0.3, 0.4) is 0 Å². The summed E-state index contributed by atoms with van der Waals surface area (Å²) >= 11 is 3.56. The van der Waals surface area contributed by atoms with Crippen molar-refractivity contribution < 1.29 is 9.53 Å². The van der Waals surface area contributed by atoms with E-state index in [9.17, 15) is 4.79 Å². The van der Waals surface area contributed by atoms with Gasteiger partial charge in [-0.25, -0.2) is 0 Å². The third-order valence-corrected chi connectivity index (χ3v) is 7.43. The van der Waals surface area contributed by atoms with Crippen molar-refractivity contribution in [1.29, 1.82) is 0 Å². The Morgan fingerprint density at radius 2 is 1.90 bits per heavy atom. The first-order valence-electron chi connectivity index (χ1n) is 10.3. The van der Waals surface area contributed by atoms with E-state index in [1.807, 2.05) is 30.8 Å². The highest BCUT2D eigenvalue weighted by molar-refractivity contribution is 8.00. The summed E-state index contributed by atoms with van der Waals surface area (Å²) < 4.78 is 5.28. The molecule has 2 heterocycles. The van der Waals surface area contributed by atoms with Crippen LogP contribution in [0, 0.1) is 11.8 Å². The third kappa shape index (κ3) is 5.27. The maximum atomic E-state index is 11.7. The van der Waals surface area contributed by atoms with Gasteiger partial charge in [0.15, 0.2) is 0 Å². The largest absolute Gasteiger partial charge is 0.466 e. The van der Waals surface area contributed by atoms with E-state index in [2.05, 4.69) is 58.6 Å². The fraction of sp³-hybridized carbons (Fsp3) is 0.480. The molecule has 0 unspecified atom stereocenters. The first kappa shape index (κ1) is 22.0. The van der Waals surface area contributed by atoms with Crippen LogP contribution in [0.2, 0.25) is 0 Å². The lowest BCUT2D eigenvalue weighted by Gasteiger charge is -2.42. The van der Waals surface area contributed by atoms with E-state index >= 15 is 0 Å². The molecule has 4 heteroatoms. The summed E-state index contributed by atoms with van der Waals surface area (Å²) in [5.41, 5.74) is 3.99. The molecular formula is C25H30O2S2. The van der Waals surface area contributed by atoms with Gasteiger partial charge in [-0.3, -0.25) is 4.79 Å². The Morgan fingerprint density at radius 3 is 2.59 bits per heavy atom. The quantitative estimate of drug-likeness (QED) is 0.420. The van der Waals surface area contributed by atoms with Crippen LogP contribution in [0.25, 0.3) is 0 Å². The molecule has 0 atom stereocenters. The molecule has 1 aromatic carbocycles. The van der Waals surface area contributed by atoms with Gasteiger partial charge in [-0.1, -0.05) is 46.5 Å². The lowest BCUT2D eigenvalue weighted by molar-refractivity contribution is -0.142. The van der Waals surface area contributed by atoms with E-state index < -0.39 is 0 Å². The lowest BCUT2D eigenvalue weighted by atomic mass is 9.76. The maximum absolute atomic E-state index is 11.7. The molecule has 0 radical (unpaired) electrons. The number of fused-ring (bicyclic) bond motifs is 1. The summed E-state index contributed by atoms with van der Waals surface area (Å²) in [6, 6.07) is 8.64. The molecule has 0 spiro atoms. The minimum Gasteiger partial charge on any atom is -0.466 e. The molecule has 0 saturated carbocycles. The molecule has 29 heavy (non-hydrogen) atoms. The molecule has 0 aliphatic carbocycles. The van der Waals surface area contributed by atoms with Crippen molar-refractivity contribution in [2.45, 2.75) is 75.9 Å². The maximum Gasteiger partial charge on any atom is 0.311 e. The van der Waals surface area contributed by atoms with Crippen molar-refractivity contribution in [3.05, 3.63) is 50.7 Å². The first-order valence-corrected chi connectivity index (χ1v) is 11.9. The molecule has 2 aromatic rings. The number of carbonyl (C=O) groups excluding carboxylic acids is 1. The second-order valence-electron chi connectivity index (χ2n) is 8.78. The fourth-order valence-corrected chi connectivity index (χ4v) is 6.68. The number of aryl methyl sites for hydroxylation is 1. The Kier molecular flexibility index (Phi) is 6.51. The van der Waals surface area contributed by atoms with E-state index in [0.29, 0.717) is 13.0 Å². The highest BCUT2D eigenvalue weighted by atomic mass is 32.2. The second-order valence-corrected chi connectivity index (χ2v) is 11.7.